The molecule has 4 heterocycles. The third-order valence-corrected chi connectivity index (χ3v) is 6.89. The number of morpholine rings is 1. The van der Waals surface area contributed by atoms with Crippen LogP contribution in [0.25, 0.3) is 0 Å². The maximum atomic E-state index is 15.7. The number of nitrogens with zero attached hydrogens (tertiary/aromatic N) is 6. The van der Waals surface area contributed by atoms with E-state index in [-0.39, 0.29) is 5.82 Å². The van der Waals surface area contributed by atoms with Gasteiger partial charge in [0.25, 0.3) is 0 Å². The molecule has 0 radical (unpaired) electrons. The lowest BCUT2D eigenvalue weighted by Crippen LogP contribution is -2.44. The molecule has 3 fully saturated rings. The second-order valence-electron chi connectivity index (χ2n) is 8.96. The van der Waals surface area contributed by atoms with Crippen LogP contribution in [0.15, 0.2) is 18.2 Å². The zero-order valence-corrected chi connectivity index (χ0v) is 19.2. The van der Waals surface area contributed by atoms with Crippen LogP contribution in [0.1, 0.15) is 11.1 Å². The molecule has 0 atom stereocenters. The Kier molecular flexibility index (Phi) is 6.21. The van der Waals surface area contributed by atoms with Crippen molar-refractivity contribution in [2.75, 3.05) is 86.9 Å². The Morgan fingerprint density at radius 1 is 0.969 bits per heavy atom. The molecule has 0 saturated carbocycles. The van der Waals surface area contributed by atoms with Crippen LogP contribution in [-0.4, -0.2) is 86.9 Å². The Bertz CT molecular complexity index is 937. The number of aryl methyl sites for hydroxylation is 1. The van der Waals surface area contributed by atoms with Gasteiger partial charge in [-0.15, -0.1) is 5.10 Å². The van der Waals surface area contributed by atoms with Gasteiger partial charge in [0.1, 0.15) is 0 Å². The van der Waals surface area contributed by atoms with Gasteiger partial charge in [0.05, 0.1) is 26.6 Å². The summed E-state index contributed by atoms with van der Waals surface area (Å²) in [6.45, 7) is 13.5. The molecule has 3 aliphatic rings. The van der Waals surface area contributed by atoms with Gasteiger partial charge in [-0.2, -0.15) is 4.39 Å². The molecule has 9 heteroatoms. The number of piperazine rings is 1. The highest BCUT2D eigenvalue weighted by atomic mass is 19.1. The molecule has 0 unspecified atom stereocenters. The van der Waals surface area contributed by atoms with Crippen molar-refractivity contribution in [3.63, 3.8) is 0 Å². The van der Waals surface area contributed by atoms with E-state index >= 15 is 4.39 Å². The molecule has 174 valence electrons. The number of hydrogen-bond acceptors (Lipinski definition) is 7. The lowest BCUT2D eigenvalue weighted by Gasteiger charge is -2.30. The quantitative estimate of drug-likeness (QED) is 0.754. The fourth-order valence-electron chi connectivity index (χ4n) is 4.90. The van der Waals surface area contributed by atoms with Crippen LogP contribution in [0.3, 0.4) is 0 Å². The Hall–Kier alpha value is -2.36. The number of rotatable bonds is 5. The van der Waals surface area contributed by atoms with Crippen LogP contribution >= 0.6 is 0 Å². The van der Waals surface area contributed by atoms with Gasteiger partial charge in [-0.3, -0.25) is 4.90 Å². The minimum Gasteiger partial charge on any atom is -0.378 e. The predicted octanol–water partition coefficient (Wildman–Crippen LogP) is 1.62. The summed E-state index contributed by atoms with van der Waals surface area (Å²) in [4.78, 5) is 8.92. The van der Waals surface area contributed by atoms with E-state index in [1.54, 1.807) is 0 Å². The molecule has 0 bridgehead atoms. The summed E-state index contributed by atoms with van der Waals surface area (Å²) < 4.78 is 23.1. The summed E-state index contributed by atoms with van der Waals surface area (Å²) >= 11 is 0. The normalized spacial score (nSPS) is 20.4. The monoisotopic (exact) mass is 443 g/mol. The van der Waals surface area contributed by atoms with Gasteiger partial charge in [0.2, 0.25) is 5.82 Å². The molecule has 2 aromatic rings. The smallest absolute Gasteiger partial charge is 0.209 e. The van der Waals surface area contributed by atoms with Crippen LogP contribution in [0.2, 0.25) is 0 Å². The van der Waals surface area contributed by atoms with Crippen molar-refractivity contribution in [3.8, 4) is 0 Å². The number of benzene rings is 1. The Morgan fingerprint density at radius 3 is 2.53 bits per heavy atom. The van der Waals surface area contributed by atoms with Crippen molar-refractivity contribution in [2.45, 2.75) is 20.5 Å². The van der Waals surface area contributed by atoms with E-state index in [1.165, 1.54) is 16.8 Å². The standard InChI is InChI=1S/C23H34FN7O/c1-18-4-3-5-20(19(18)2)30-11-10-27(16-30)17-31-23(29-12-14-32-15-13-29)21(24)22(26-31)28-8-6-25-7-9-28/h3-5,25H,6-17H2,1-2H3. The second kappa shape index (κ2) is 9.25. The maximum Gasteiger partial charge on any atom is 0.209 e. The molecule has 1 aromatic heterocycles. The van der Waals surface area contributed by atoms with Crippen LogP contribution in [0, 0.1) is 19.7 Å². The van der Waals surface area contributed by atoms with E-state index in [0.29, 0.717) is 44.6 Å². The molecule has 32 heavy (non-hydrogen) atoms. The highest BCUT2D eigenvalue weighted by Gasteiger charge is 2.30. The summed E-state index contributed by atoms with van der Waals surface area (Å²) in [5.41, 5.74) is 3.92. The van der Waals surface area contributed by atoms with Crippen molar-refractivity contribution >= 4 is 17.3 Å². The number of ether oxygens (including phenoxy) is 1. The van der Waals surface area contributed by atoms with E-state index in [9.17, 15) is 0 Å². The van der Waals surface area contributed by atoms with E-state index < -0.39 is 0 Å². The fraction of sp³-hybridized carbons (Fsp3) is 0.609. The van der Waals surface area contributed by atoms with E-state index in [0.717, 1.165) is 45.9 Å². The Balaban J connectivity index is 1.38. The average molecular weight is 444 g/mol. The van der Waals surface area contributed by atoms with E-state index in [1.807, 2.05) is 4.68 Å². The summed E-state index contributed by atoms with van der Waals surface area (Å²) in [6.07, 6.45) is 0. The maximum absolute atomic E-state index is 15.7. The van der Waals surface area contributed by atoms with Gasteiger partial charge in [0, 0.05) is 58.0 Å². The van der Waals surface area contributed by atoms with E-state index in [4.69, 9.17) is 9.84 Å². The highest BCUT2D eigenvalue weighted by molar-refractivity contribution is 5.57. The predicted molar refractivity (Wildman–Crippen MR) is 125 cm³/mol. The van der Waals surface area contributed by atoms with Crippen molar-refractivity contribution in [3.05, 3.63) is 35.1 Å². The fourth-order valence-corrected chi connectivity index (χ4v) is 4.90. The zero-order valence-electron chi connectivity index (χ0n) is 19.2. The van der Waals surface area contributed by atoms with Gasteiger partial charge >= 0.3 is 0 Å². The van der Waals surface area contributed by atoms with Crippen LogP contribution in [0.5, 0.6) is 0 Å². The number of halogens is 1. The second-order valence-corrected chi connectivity index (χ2v) is 8.96. The Labute approximate surface area is 189 Å². The molecule has 0 aliphatic carbocycles. The zero-order chi connectivity index (χ0) is 22.1. The molecule has 3 saturated heterocycles. The number of aromatic nitrogens is 2. The van der Waals surface area contributed by atoms with Crippen LogP contribution in [0.4, 0.5) is 21.7 Å². The summed E-state index contributed by atoms with van der Waals surface area (Å²) in [5, 5.41) is 8.14. The molecular weight excluding hydrogens is 409 g/mol. The number of hydrogen-bond donors (Lipinski definition) is 1. The van der Waals surface area contributed by atoms with Crippen LogP contribution in [-0.2, 0) is 11.4 Å². The number of nitrogens with one attached hydrogen (secondary N) is 1. The van der Waals surface area contributed by atoms with Gasteiger partial charge < -0.3 is 24.8 Å². The highest BCUT2D eigenvalue weighted by Crippen LogP contribution is 2.31. The first-order chi connectivity index (χ1) is 15.6. The molecule has 0 spiro atoms. The molecule has 0 amide bonds. The first kappa shape index (κ1) is 21.5. The molecule has 5 rings (SSSR count). The van der Waals surface area contributed by atoms with Crippen molar-refractivity contribution in [2.24, 2.45) is 0 Å². The first-order valence-corrected chi connectivity index (χ1v) is 11.7. The minimum absolute atomic E-state index is 0.195. The third-order valence-electron chi connectivity index (χ3n) is 6.89. The van der Waals surface area contributed by atoms with Gasteiger partial charge in [-0.1, -0.05) is 12.1 Å². The molecule has 3 aliphatic heterocycles. The van der Waals surface area contributed by atoms with Gasteiger partial charge in [-0.25, -0.2) is 4.68 Å². The first-order valence-electron chi connectivity index (χ1n) is 11.7. The van der Waals surface area contributed by atoms with E-state index in [2.05, 4.69) is 57.0 Å². The lowest BCUT2D eigenvalue weighted by molar-refractivity contribution is 0.121. The third kappa shape index (κ3) is 4.16. The molecule has 1 aromatic carbocycles. The van der Waals surface area contributed by atoms with Gasteiger partial charge in [-0.05, 0) is 31.0 Å². The molecule has 8 nitrogen and oxygen atoms in total. The molecular formula is C23H34FN7O. The molecule has 1 N–H and O–H groups in total. The summed E-state index contributed by atoms with van der Waals surface area (Å²) in [6, 6.07) is 6.48. The Morgan fingerprint density at radius 2 is 1.75 bits per heavy atom. The van der Waals surface area contributed by atoms with Crippen molar-refractivity contribution in [1.29, 1.82) is 0 Å². The minimum atomic E-state index is -0.195. The van der Waals surface area contributed by atoms with Gasteiger partial charge in [0.15, 0.2) is 11.6 Å². The number of anilines is 3. The largest absolute Gasteiger partial charge is 0.378 e. The summed E-state index contributed by atoms with van der Waals surface area (Å²) in [7, 11) is 0. The summed E-state index contributed by atoms with van der Waals surface area (Å²) in [5.74, 6) is 0.893. The average Bonchev–Trinajstić information content (AvgIpc) is 3.41. The van der Waals surface area contributed by atoms with Crippen molar-refractivity contribution < 1.29 is 9.13 Å². The van der Waals surface area contributed by atoms with Crippen LogP contribution < -0.4 is 20.0 Å². The van der Waals surface area contributed by atoms with Crippen molar-refractivity contribution in [1.82, 2.24) is 20.0 Å². The SMILES string of the molecule is Cc1cccc(N2CCN(Cn3nc(N4CCNCC4)c(F)c3N3CCOCC3)C2)c1C. The lowest BCUT2D eigenvalue weighted by atomic mass is 10.1. The topological polar surface area (TPSA) is 52.0 Å².